The molecule has 0 radical (unpaired) electrons. The summed E-state index contributed by atoms with van der Waals surface area (Å²) in [6, 6.07) is 23.3. The minimum absolute atomic E-state index is 0.439. The summed E-state index contributed by atoms with van der Waals surface area (Å²) >= 11 is 6.43. The molecule has 3 aromatic rings. The summed E-state index contributed by atoms with van der Waals surface area (Å²) in [4.78, 5) is 2.19. The number of hydrogen-bond donors (Lipinski definition) is 2. The molecule has 2 N–H and O–H groups in total. The second-order valence-corrected chi connectivity index (χ2v) is 9.35. The number of piperidine rings is 1. The van der Waals surface area contributed by atoms with E-state index in [4.69, 9.17) is 21.1 Å². The third-order valence-electron chi connectivity index (χ3n) is 6.49. The lowest BCUT2D eigenvalue weighted by Crippen LogP contribution is -2.43. The van der Waals surface area contributed by atoms with Gasteiger partial charge in [-0.2, -0.15) is 0 Å². The van der Waals surface area contributed by atoms with Crippen molar-refractivity contribution in [2.45, 2.75) is 37.8 Å². The number of halogens is 1. The molecule has 0 aromatic heterocycles. The molecule has 34 heavy (non-hydrogen) atoms. The SMILES string of the molecule is COCc1ccc(C2(O)CCN(CC(O)c3ccc(OCc4ccccc4)c(Cl)c3)CC2)cc1. The van der Waals surface area contributed by atoms with Crippen LogP contribution in [-0.2, 0) is 23.6 Å². The molecular weight excluding hydrogens is 450 g/mol. The first-order valence-electron chi connectivity index (χ1n) is 11.6. The van der Waals surface area contributed by atoms with Crippen molar-refractivity contribution in [1.29, 1.82) is 0 Å². The third kappa shape index (κ3) is 6.17. The van der Waals surface area contributed by atoms with Gasteiger partial charge in [-0.1, -0.05) is 72.3 Å². The number of benzene rings is 3. The molecule has 0 amide bonds. The van der Waals surface area contributed by atoms with Crippen LogP contribution in [0.1, 0.15) is 41.2 Å². The predicted octanol–water partition coefficient (Wildman–Crippen LogP) is 5.08. The molecule has 6 heteroatoms. The van der Waals surface area contributed by atoms with Crippen molar-refractivity contribution in [3.8, 4) is 5.75 Å². The van der Waals surface area contributed by atoms with Crippen LogP contribution in [0.3, 0.4) is 0 Å². The fourth-order valence-electron chi connectivity index (χ4n) is 4.40. The zero-order valence-corrected chi connectivity index (χ0v) is 20.2. The van der Waals surface area contributed by atoms with E-state index in [2.05, 4.69) is 4.90 Å². The van der Waals surface area contributed by atoms with Crippen molar-refractivity contribution in [3.05, 3.63) is 100 Å². The Morgan fingerprint density at radius 3 is 2.26 bits per heavy atom. The smallest absolute Gasteiger partial charge is 0.138 e. The molecule has 1 atom stereocenters. The zero-order valence-electron chi connectivity index (χ0n) is 19.5. The van der Waals surface area contributed by atoms with Gasteiger partial charge >= 0.3 is 0 Å². The third-order valence-corrected chi connectivity index (χ3v) is 6.79. The first kappa shape index (κ1) is 24.7. The van der Waals surface area contributed by atoms with Gasteiger partial charge in [0, 0.05) is 26.7 Å². The van der Waals surface area contributed by atoms with Crippen molar-refractivity contribution in [1.82, 2.24) is 4.90 Å². The Labute approximate surface area is 206 Å². The highest BCUT2D eigenvalue weighted by Gasteiger charge is 2.34. The maximum absolute atomic E-state index is 11.2. The quantitative estimate of drug-likeness (QED) is 0.446. The summed E-state index contributed by atoms with van der Waals surface area (Å²) in [7, 11) is 1.67. The van der Waals surface area contributed by atoms with E-state index >= 15 is 0 Å². The van der Waals surface area contributed by atoms with Crippen LogP contribution in [0.15, 0.2) is 72.8 Å². The number of β-amino-alcohol motifs (C(OH)–C–C–N with tert-alkyl or cyclic N) is 1. The Morgan fingerprint density at radius 1 is 0.941 bits per heavy atom. The van der Waals surface area contributed by atoms with Crippen molar-refractivity contribution in [3.63, 3.8) is 0 Å². The van der Waals surface area contributed by atoms with Crippen LogP contribution in [0.4, 0.5) is 0 Å². The molecule has 1 unspecified atom stereocenters. The highest BCUT2D eigenvalue weighted by Crippen LogP contribution is 2.34. The monoisotopic (exact) mass is 481 g/mol. The largest absolute Gasteiger partial charge is 0.487 e. The van der Waals surface area contributed by atoms with Crippen molar-refractivity contribution < 1.29 is 19.7 Å². The normalized spacial score (nSPS) is 16.8. The minimum atomic E-state index is -0.839. The molecule has 0 aliphatic carbocycles. The van der Waals surface area contributed by atoms with E-state index in [-0.39, 0.29) is 0 Å². The molecular formula is C28H32ClNO4. The summed E-state index contributed by atoms with van der Waals surface area (Å²) in [5, 5.41) is 22.5. The van der Waals surface area contributed by atoms with E-state index in [0.717, 1.165) is 22.3 Å². The lowest BCUT2D eigenvalue weighted by Gasteiger charge is -2.39. The van der Waals surface area contributed by atoms with Crippen molar-refractivity contribution in [2.24, 2.45) is 0 Å². The summed E-state index contributed by atoms with van der Waals surface area (Å²) < 4.78 is 11.0. The highest BCUT2D eigenvalue weighted by molar-refractivity contribution is 6.32. The van der Waals surface area contributed by atoms with Gasteiger partial charge in [0.05, 0.1) is 23.3 Å². The number of nitrogens with zero attached hydrogens (tertiary/aromatic N) is 1. The van der Waals surface area contributed by atoms with Gasteiger partial charge in [-0.05, 0) is 47.2 Å². The van der Waals surface area contributed by atoms with Crippen LogP contribution in [0.25, 0.3) is 0 Å². The van der Waals surface area contributed by atoms with E-state index in [0.29, 0.717) is 56.5 Å². The fraction of sp³-hybridized carbons (Fsp3) is 0.357. The molecule has 3 aromatic carbocycles. The van der Waals surface area contributed by atoms with Gasteiger partial charge in [0.2, 0.25) is 0 Å². The van der Waals surface area contributed by atoms with Gasteiger partial charge in [0.25, 0.3) is 0 Å². The number of methoxy groups -OCH3 is 1. The average molecular weight is 482 g/mol. The summed E-state index contributed by atoms with van der Waals surface area (Å²) in [6.45, 7) is 2.91. The second-order valence-electron chi connectivity index (χ2n) is 8.94. The molecule has 0 bridgehead atoms. The predicted molar refractivity (Wildman–Crippen MR) is 134 cm³/mol. The molecule has 4 rings (SSSR count). The summed E-state index contributed by atoms with van der Waals surface area (Å²) in [6.07, 6.45) is 0.576. The molecule has 1 heterocycles. The standard InChI is InChI=1S/C28H32ClNO4/c1-33-19-22-7-10-24(11-8-22)28(32)13-15-30(16-14-28)18-26(31)23-9-12-27(25(29)17-23)34-20-21-5-3-2-4-6-21/h2-12,17,26,31-32H,13-16,18-20H2,1H3. The van der Waals surface area contributed by atoms with Crippen LogP contribution in [0, 0.1) is 0 Å². The highest BCUT2D eigenvalue weighted by atomic mass is 35.5. The number of aliphatic hydroxyl groups excluding tert-OH is 1. The maximum Gasteiger partial charge on any atom is 0.138 e. The molecule has 0 spiro atoms. The maximum atomic E-state index is 11.2. The molecule has 1 saturated heterocycles. The Hall–Kier alpha value is -2.41. The molecule has 5 nitrogen and oxygen atoms in total. The van der Waals surface area contributed by atoms with Crippen LogP contribution in [0.5, 0.6) is 5.75 Å². The van der Waals surface area contributed by atoms with Crippen LogP contribution < -0.4 is 4.74 Å². The molecule has 1 aliphatic heterocycles. The Bertz CT molecular complexity index is 1050. The van der Waals surface area contributed by atoms with Crippen LogP contribution >= 0.6 is 11.6 Å². The van der Waals surface area contributed by atoms with Gasteiger partial charge in [0.15, 0.2) is 0 Å². The first-order chi connectivity index (χ1) is 16.5. The van der Waals surface area contributed by atoms with E-state index in [1.807, 2.05) is 66.7 Å². The number of ether oxygens (including phenoxy) is 2. The van der Waals surface area contributed by atoms with Crippen molar-refractivity contribution >= 4 is 11.6 Å². The lowest BCUT2D eigenvalue weighted by molar-refractivity contribution is -0.0345. The molecule has 180 valence electrons. The lowest BCUT2D eigenvalue weighted by atomic mass is 9.84. The van der Waals surface area contributed by atoms with Gasteiger partial charge in [-0.3, -0.25) is 0 Å². The first-order valence-corrected chi connectivity index (χ1v) is 12.0. The topological polar surface area (TPSA) is 62.2 Å². The van der Waals surface area contributed by atoms with E-state index in [9.17, 15) is 10.2 Å². The van der Waals surface area contributed by atoms with E-state index < -0.39 is 11.7 Å². The molecule has 0 saturated carbocycles. The van der Waals surface area contributed by atoms with Gasteiger partial charge in [-0.15, -0.1) is 0 Å². The van der Waals surface area contributed by atoms with Crippen LogP contribution in [0.2, 0.25) is 5.02 Å². The van der Waals surface area contributed by atoms with Crippen molar-refractivity contribution in [2.75, 3.05) is 26.7 Å². The van der Waals surface area contributed by atoms with Crippen LogP contribution in [-0.4, -0.2) is 41.9 Å². The average Bonchev–Trinajstić information content (AvgIpc) is 2.86. The number of hydrogen-bond acceptors (Lipinski definition) is 5. The number of rotatable bonds is 9. The molecule has 1 fully saturated rings. The zero-order chi connectivity index (χ0) is 24.0. The Morgan fingerprint density at radius 2 is 1.62 bits per heavy atom. The van der Waals surface area contributed by atoms with E-state index in [1.165, 1.54) is 0 Å². The Balaban J connectivity index is 1.30. The second kappa shape index (κ2) is 11.3. The van der Waals surface area contributed by atoms with Gasteiger partial charge in [0.1, 0.15) is 12.4 Å². The van der Waals surface area contributed by atoms with E-state index in [1.54, 1.807) is 13.2 Å². The summed E-state index contributed by atoms with van der Waals surface area (Å²) in [5.41, 5.74) is 3.01. The molecule has 1 aliphatic rings. The Kier molecular flexibility index (Phi) is 8.24. The fourth-order valence-corrected chi connectivity index (χ4v) is 4.64. The number of aliphatic hydroxyl groups is 2. The van der Waals surface area contributed by atoms with Gasteiger partial charge < -0.3 is 24.6 Å². The number of likely N-dealkylation sites (tertiary alicyclic amines) is 1. The minimum Gasteiger partial charge on any atom is -0.487 e. The van der Waals surface area contributed by atoms with Gasteiger partial charge in [-0.25, -0.2) is 0 Å². The summed E-state index contributed by atoms with van der Waals surface area (Å²) in [5.74, 6) is 0.598.